The molecule has 3 heterocycles. The molecule has 31 heavy (non-hydrogen) atoms. The van der Waals surface area contributed by atoms with Crippen LogP contribution in [0.2, 0.25) is 0 Å². The van der Waals surface area contributed by atoms with Crippen molar-refractivity contribution < 1.29 is 18.0 Å². The highest BCUT2D eigenvalue weighted by Crippen LogP contribution is 2.32. The first-order valence-corrected chi connectivity index (χ1v) is 9.76. The maximum absolute atomic E-state index is 13.8. The number of fused-ring (bicyclic) bond motifs is 2. The summed E-state index contributed by atoms with van der Waals surface area (Å²) in [4.78, 5) is 19.3. The lowest BCUT2D eigenvalue weighted by atomic mass is 9.98. The van der Waals surface area contributed by atoms with Crippen LogP contribution >= 0.6 is 0 Å². The molecule has 0 saturated carbocycles. The topological polar surface area (TPSA) is 51.0 Å². The molecule has 2 aromatic heterocycles. The molecule has 0 N–H and O–H groups in total. The van der Waals surface area contributed by atoms with Crippen LogP contribution in [0.25, 0.3) is 22.2 Å². The molecule has 0 radical (unpaired) electrons. The molecule has 1 aliphatic heterocycles. The summed E-state index contributed by atoms with van der Waals surface area (Å²) >= 11 is 0. The van der Waals surface area contributed by atoms with E-state index in [9.17, 15) is 18.0 Å². The third-order valence-corrected chi connectivity index (χ3v) is 5.61. The number of halogens is 3. The predicted octanol–water partition coefficient (Wildman–Crippen LogP) is 4.25. The molecule has 0 bridgehead atoms. The van der Waals surface area contributed by atoms with Crippen molar-refractivity contribution in [1.82, 2.24) is 19.7 Å². The van der Waals surface area contributed by atoms with Crippen molar-refractivity contribution >= 4 is 16.8 Å². The minimum absolute atomic E-state index is 0.152. The predicted molar refractivity (Wildman–Crippen MR) is 109 cm³/mol. The van der Waals surface area contributed by atoms with Crippen molar-refractivity contribution in [1.29, 1.82) is 0 Å². The van der Waals surface area contributed by atoms with Crippen LogP contribution in [0.15, 0.2) is 48.7 Å². The summed E-state index contributed by atoms with van der Waals surface area (Å²) in [5.74, 6) is -4.15. The summed E-state index contributed by atoms with van der Waals surface area (Å²) in [6.07, 6.45) is 2.11. The fraction of sp³-hybridized carbons (Fsp3) is 0.174. The van der Waals surface area contributed by atoms with Crippen molar-refractivity contribution in [3.8, 4) is 11.3 Å². The third-order valence-electron chi connectivity index (χ3n) is 5.61. The van der Waals surface area contributed by atoms with Gasteiger partial charge in [0, 0.05) is 36.3 Å². The quantitative estimate of drug-likeness (QED) is 0.454. The van der Waals surface area contributed by atoms with Crippen LogP contribution in [-0.4, -0.2) is 32.1 Å². The number of rotatable bonds is 2. The Labute approximate surface area is 175 Å². The lowest BCUT2D eigenvalue weighted by molar-refractivity contribution is 0.0734. The number of hydrogen-bond donors (Lipinski definition) is 0. The summed E-state index contributed by atoms with van der Waals surface area (Å²) in [5.41, 5.74) is 3.33. The summed E-state index contributed by atoms with van der Waals surface area (Å²) in [5, 5.41) is 5.35. The Morgan fingerprint density at radius 1 is 1.06 bits per heavy atom. The SMILES string of the molecule is Cn1nc2c(c1-c1cc(F)c(F)c(F)c1)CCN(C(=O)c1cccc3cccnc13)C2. The second-order valence-corrected chi connectivity index (χ2v) is 7.51. The van der Waals surface area contributed by atoms with Gasteiger partial charge in [-0.15, -0.1) is 0 Å². The number of aromatic nitrogens is 3. The number of aryl methyl sites for hydroxylation is 1. The molecule has 2 aromatic carbocycles. The Hall–Kier alpha value is -3.68. The summed E-state index contributed by atoms with van der Waals surface area (Å²) in [6.45, 7) is 0.678. The normalized spacial score (nSPS) is 13.5. The molecule has 156 valence electrons. The molecule has 0 saturated heterocycles. The largest absolute Gasteiger partial charge is 0.332 e. The van der Waals surface area contributed by atoms with E-state index in [-0.39, 0.29) is 18.0 Å². The Balaban J connectivity index is 1.50. The van der Waals surface area contributed by atoms with Gasteiger partial charge in [-0.3, -0.25) is 14.5 Å². The van der Waals surface area contributed by atoms with Crippen LogP contribution in [-0.2, 0) is 20.0 Å². The van der Waals surface area contributed by atoms with E-state index in [0.29, 0.717) is 35.4 Å². The number of benzene rings is 2. The van der Waals surface area contributed by atoms with Gasteiger partial charge >= 0.3 is 0 Å². The average molecular weight is 422 g/mol. The monoisotopic (exact) mass is 422 g/mol. The third kappa shape index (κ3) is 3.15. The number of hydrogen-bond acceptors (Lipinski definition) is 3. The van der Waals surface area contributed by atoms with E-state index < -0.39 is 17.5 Å². The van der Waals surface area contributed by atoms with E-state index in [1.165, 1.54) is 4.68 Å². The van der Waals surface area contributed by atoms with Crippen LogP contribution in [0.3, 0.4) is 0 Å². The maximum atomic E-state index is 13.8. The van der Waals surface area contributed by atoms with Crippen molar-refractivity contribution in [3.63, 3.8) is 0 Å². The van der Waals surface area contributed by atoms with Gasteiger partial charge in [-0.1, -0.05) is 18.2 Å². The number of carbonyl (C=O) groups excluding carboxylic acids is 1. The van der Waals surface area contributed by atoms with Crippen molar-refractivity contribution in [3.05, 3.63) is 82.9 Å². The Morgan fingerprint density at radius 2 is 1.81 bits per heavy atom. The Bertz CT molecular complexity index is 1320. The van der Waals surface area contributed by atoms with Gasteiger partial charge in [-0.2, -0.15) is 5.10 Å². The summed E-state index contributed by atoms with van der Waals surface area (Å²) in [7, 11) is 1.66. The second kappa shape index (κ2) is 7.23. The standard InChI is InChI=1S/C23H17F3N4O/c1-29-22(14-10-17(24)20(26)18(25)11-14)15-7-9-30(12-19(15)28-29)23(31)16-6-2-4-13-5-3-8-27-21(13)16/h2-6,8,10-11H,7,9,12H2,1H3. The molecule has 1 aliphatic rings. The highest BCUT2D eigenvalue weighted by atomic mass is 19.2. The molecule has 0 unspecified atom stereocenters. The van der Waals surface area contributed by atoms with Crippen molar-refractivity contribution in [2.75, 3.05) is 6.54 Å². The second-order valence-electron chi connectivity index (χ2n) is 7.51. The first-order valence-electron chi connectivity index (χ1n) is 9.76. The summed E-state index contributed by atoms with van der Waals surface area (Å²) < 4.78 is 42.5. The van der Waals surface area contributed by atoms with Crippen LogP contribution in [0.1, 0.15) is 21.6 Å². The Morgan fingerprint density at radius 3 is 2.58 bits per heavy atom. The van der Waals surface area contributed by atoms with Crippen LogP contribution in [0.5, 0.6) is 0 Å². The van der Waals surface area contributed by atoms with Gasteiger partial charge in [0.05, 0.1) is 29.0 Å². The minimum atomic E-state index is -1.50. The van der Waals surface area contributed by atoms with Gasteiger partial charge in [0.25, 0.3) is 5.91 Å². The molecule has 8 heteroatoms. The molecule has 0 fully saturated rings. The summed E-state index contributed by atoms with van der Waals surface area (Å²) in [6, 6.07) is 11.1. The zero-order valence-electron chi connectivity index (χ0n) is 16.6. The highest BCUT2D eigenvalue weighted by molar-refractivity contribution is 6.05. The molecule has 5 nitrogen and oxygen atoms in total. The van der Waals surface area contributed by atoms with Gasteiger partial charge in [-0.25, -0.2) is 13.2 Å². The van der Waals surface area contributed by atoms with Crippen molar-refractivity contribution in [2.45, 2.75) is 13.0 Å². The van der Waals surface area contributed by atoms with Gasteiger partial charge in [-0.05, 0) is 30.7 Å². The number of nitrogens with zero attached hydrogens (tertiary/aromatic N) is 4. The van der Waals surface area contributed by atoms with E-state index in [4.69, 9.17) is 0 Å². The molecule has 5 rings (SSSR count). The highest BCUT2D eigenvalue weighted by Gasteiger charge is 2.29. The van der Waals surface area contributed by atoms with Crippen LogP contribution in [0, 0.1) is 17.5 Å². The molecule has 0 aliphatic carbocycles. The maximum Gasteiger partial charge on any atom is 0.256 e. The fourth-order valence-electron chi connectivity index (χ4n) is 4.19. The van der Waals surface area contributed by atoms with E-state index in [2.05, 4.69) is 10.1 Å². The minimum Gasteiger partial charge on any atom is -0.332 e. The number of amides is 1. The van der Waals surface area contributed by atoms with E-state index in [1.807, 2.05) is 24.3 Å². The molecular formula is C23H17F3N4O. The van der Waals surface area contributed by atoms with Gasteiger partial charge < -0.3 is 4.90 Å². The lowest BCUT2D eigenvalue weighted by Crippen LogP contribution is -2.36. The fourth-order valence-corrected chi connectivity index (χ4v) is 4.19. The smallest absolute Gasteiger partial charge is 0.256 e. The van der Waals surface area contributed by atoms with Gasteiger partial charge in [0.2, 0.25) is 0 Å². The number of para-hydroxylation sites is 1. The van der Waals surface area contributed by atoms with E-state index >= 15 is 0 Å². The Kier molecular flexibility index (Phi) is 4.50. The average Bonchev–Trinajstić information content (AvgIpc) is 3.11. The van der Waals surface area contributed by atoms with Crippen LogP contribution in [0.4, 0.5) is 13.2 Å². The van der Waals surface area contributed by atoms with Crippen molar-refractivity contribution in [2.24, 2.45) is 7.05 Å². The number of carbonyl (C=O) groups is 1. The molecule has 0 atom stereocenters. The van der Waals surface area contributed by atoms with Gasteiger partial charge in [0.15, 0.2) is 17.5 Å². The number of pyridine rings is 1. The van der Waals surface area contributed by atoms with Crippen LogP contribution < -0.4 is 0 Å². The van der Waals surface area contributed by atoms with Gasteiger partial charge in [0.1, 0.15) is 0 Å². The molecule has 1 amide bonds. The van der Waals surface area contributed by atoms with E-state index in [1.54, 1.807) is 24.2 Å². The first kappa shape index (κ1) is 19.3. The molecule has 4 aromatic rings. The lowest BCUT2D eigenvalue weighted by Gasteiger charge is -2.27. The van der Waals surface area contributed by atoms with E-state index in [0.717, 1.165) is 23.1 Å². The zero-order valence-corrected chi connectivity index (χ0v) is 16.6. The first-order chi connectivity index (χ1) is 14.9. The molecule has 0 spiro atoms. The zero-order chi connectivity index (χ0) is 21.7. The molecular weight excluding hydrogens is 405 g/mol.